The summed E-state index contributed by atoms with van der Waals surface area (Å²) in [4.78, 5) is 0. The van der Waals surface area contributed by atoms with Crippen LogP contribution in [0.25, 0.3) is 10.5 Å². The molecule has 0 bridgehead atoms. The van der Waals surface area contributed by atoms with E-state index in [9.17, 15) is 0 Å². The van der Waals surface area contributed by atoms with E-state index in [0.717, 1.165) is 14.6 Å². The number of aryl methyl sites for hydroxylation is 1. The van der Waals surface area contributed by atoms with Gasteiger partial charge in [-0.3, -0.25) is 0 Å². The van der Waals surface area contributed by atoms with Gasteiger partial charge in [0.15, 0.2) is 0 Å². The van der Waals surface area contributed by atoms with Gasteiger partial charge >= 0.3 is 0 Å². The first-order valence-electron chi connectivity index (χ1n) is 4.07. The molecule has 1 heterocycles. The lowest BCUT2D eigenvalue weighted by molar-refractivity contribution is 1.14. The molecule has 0 spiro atoms. The fraction of sp³-hybridized carbons (Fsp3) is 0.200. The molecule has 2 aromatic rings. The van der Waals surface area contributed by atoms with Crippen LogP contribution in [0.1, 0.15) is 12.5 Å². The highest BCUT2D eigenvalue weighted by Crippen LogP contribution is 2.32. The van der Waals surface area contributed by atoms with Crippen molar-refractivity contribution in [1.82, 2.24) is 0 Å². The number of hydrogen-bond donors (Lipinski definition) is 0. The van der Waals surface area contributed by atoms with E-state index in [4.69, 9.17) is 0 Å². The van der Waals surface area contributed by atoms with Crippen LogP contribution in [0.15, 0.2) is 28.5 Å². The highest BCUT2D eigenvalue weighted by molar-refractivity contribution is 9.10. The molecule has 0 aliphatic heterocycles. The monoisotopic (exact) mass is 240 g/mol. The van der Waals surface area contributed by atoms with Gasteiger partial charge in [-0.15, -0.1) is 8.19 Å². The van der Waals surface area contributed by atoms with Crippen LogP contribution >= 0.6 is 24.1 Å². The second kappa shape index (κ2) is 3.24. The molecule has 1 aromatic heterocycles. The van der Waals surface area contributed by atoms with E-state index in [-0.39, 0.29) is 0 Å². The molecular formula is C10H10BrP. The molecule has 0 nitrogen and oxygen atoms in total. The summed E-state index contributed by atoms with van der Waals surface area (Å²) in [5.41, 5.74) is 1.43. The number of fused-ring (bicyclic) bond motifs is 1. The molecule has 0 amide bonds. The van der Waals surface area contributed by atoms with Gasteiger partial charge in [0, 0.05) is 4.47 Å². The standard InChI is InChI=1S/C10H10BrP/c1-2-7-5-9(11)8-3-4-12-10(8)6-7/h3-6,12H,2H2,1H3. The van der Waals surface area contributed by atoms with E-state index < -0.39 is 0 Å². The molecule has 0 fully saturated rings. The van der Waals surface area contributed by atoms with Crippen LogP contribution in [0.2, 0.25) is 0 Å². The molecule has 0 N–H and O–H groups in total. The van der Waals surface area contributed by atoms with E-state index in [0.29, 0.717) is 0 Å². The van der Waals surface area contributed by atoms with Crippen molar-refractivity contribution in [3.63, 3.8) is 0 Å². The van der Waals surface area contributed by atoms with Gasteiger partial charge in [0.1, 0.15) is 0 Å². The molecule has 0 aliphatic carbocycles. The number of benzene rings is 1. The summed E-state index contributed by atoms with van der Waals surface area (Å²) in [7, 11) is 0.865. The maximum Gasteiger partial charge on any atom is 0.0259 e. The van der Waals surface area contributed by atoms with Gasteiger partial charge in [0.2, 0.25) is 0 Å². The fourth-order valence-corrected chi connectivity index (χ4v) is 3.28. The zero-order valence-corrected chi connectivity index (χ0v) is 9.48. The highest BCUT2D eigenvalue weighted by Gasteiger charge is 2.00. The van der Waals surface area contributed by atoms with E-state index in [1.54, 1.807) is 0 Å². The quantitative estimate of drug-likeness (QED) is 0.701. The van der Waals surface area contributed by atoms with Crippen molar-refractivity contribution in [2.24, 2.45) is 0 Å². The maximum absolute atomic E-state index is 3.59. The van der Waals surface area contributed by atoms with Crippen LogP contribution in [0.5, 0.6) is 0 Å². The Morgan fingerprint density at radius 3 is 3.00 bits per heavy atom. The summed E-state index contributed by atoms with van der Waals surface area (Å²) in [6.07, 6.45) is 1.12. The summed E-state index contributed by atoms with van der Waals surface area (Å²) < 4.78 is 1.25. The zero-order valence-electron chi connectivity index (χ0n) is 6.89. The summed E-state index contributed by atoms with van der Waals surface area (Å²) >= 11 is 3.59. The predicted molar refractivity (Wildman–Crippen MR) is 60.5 cm³/mol. The lowest BCUT2D eigenvalue weighted by Crippen LogP contribution is -1.78. The Morgan fingerprint density at radius 2 is 2.25 bits per heavy atom. The summed E-state index contributed by atoms with van der Waals surface area (Å²) in [6, 6.07) is 6.74. The third kappa shape index (κ3) is 1.32. The molecule has 62 valence electrons. The molecule has 2 rings (SSSR count). The smallest absolute Gasteiger partial charge is 0.0259 e. The van der Waals surface area contributed by atoms with Gasteiger partial charge in [-0.1, -0.05) is 22.9 Å². The fourth-order valence-electron chi connectivity index (χ4n) is 1.38. The lowest BCUT2D eigenvalue weighted by Gasteiger charge is -1.99. The Hall–Kier alpha value is -0.260. The lowest BCUT2D eigenvalue weighted by atomic mass is 10.1. The Kier molecular flexibility index (Phi) is 2.25. The van der Waals surface area contributed by atoms with Gasteiger partial charge in [-0.25, -0.2) is 0 Å². The Bertz CT molecular complexity index is 403. The van der Waals surface area contributed by atoms with Crippen LogP contribution in [0.3, 0.4) is 0 Å². The van der Waals surface area contributed by atoms with Crippen LogP contribution in [-0.4, -0.2) is 0 Å². The van der Waals surface area contributed by atoms with Gasteiger partial charge in [0.25, 0.3) is 0 Å². The van der Waals surface area contributed by atoms with Crippen molar-refractivity contribution in [2.75, 3.05) is 0 Å². The summed E-state index contributed by atoms with van der Waals surface area (Å²) in [5.74, 6) is 2.24. The molecule has 1 unspecified atom stereocenters. The number of rotatable bonds is 1. The summed E-state index contributed by atoms with van der Waals surface area (Å²) in [6.45, 7) is 2.19. The van der Waals surface area contributed by atoms with Crippen LogP contribution in [0.4, 0.5) is 0 Å². The van der Waals surface area contributed by atoms with Crippen molar-refractivity contribution < 1.29 is 0 Å². The van der Waals surface area contributed by atoms with Crippen LogP contribution in [-0.2, 0) is 6.42 Å². The molecule has 1 atom stereocenters. The van der Waals surface area contributed by atoms with Gasteiger partial charge < -0.3 is 0 Å². The topological polar surface area (TPSA) is 0 Å². The first kappa shape index (κ1) is 8.34. The Labute approximate surface area is 82.2 Å². The Morgan fingerprint density at radius 1 is 1.42 bits per heavy atom. The number of hydrogen-bond acceptors (Lipinski definition) is 0. The first-order chi connectivity index (χ1) is 5.81. The van der Waals surface area contributed by atoms with E-state index in [1.165, 1.54) is 20.5 Å². The molecule has 1 aromatic carbocycles. The highest BCUT2D eigenvalue weighted by atomic mass is 79.9. The van der Waals surface area contributed by atoms with E-state index in [1.807, 2.05) is 0 Å². The average Bonchev–Trinajstić information content (AvgIpc) is 2.52. The predicted octanol–water partition coefficient (Wildman–Crippen LogP) is 4.20. The second-order valence-electron chi connectivity index (χ2n) is 2.87. The van der Waals surface area contributed by atoms with Gasteiger partial charge in [-0.05, 0) is 46.5 Å². The largest absolute Gasteiger partial charge is 0.132 e. The van der Waals surface area contributed by atoms with Gasteiger partial charge in [0.05, 0.1) is 0 Å². The third-order valence-electron chi connectivity index (χ3n) is 2.09. The normalized spacial score (nSPS) is 11.5. The van der Waals surface area contributed by atoms with E-state index >= 15 is 0 Å². The minimum atomic E-state index is 0.865. The molecule has 0 radical (unpaired) electrons. The van der Waals surface area contributed by atoms with Crippen molar-refractivity contribution >= 4 is 34.6 Å². The maximum atomic E-state index is 3.59. The van der Waals surface area contributed by atoms with E-state index in [2.05, 4.69) is 46.9 Å². The molecule has 0 aliphatic rings. The van der Waals surface area contributed by atoms with Crippen LogP contribution < -0.4 is 0 Å². The first-order valence-corrected chi connectivity index (χ1v) is 5.94. The van der Waals surface area contributed by atoms with Crippen molar-refractivity contribution in [2.45, 2.75) is 13.3 Å². The molecule has 12 heavy (non-hydrogen) atoms. The molecule has 2 heteroatoms. The van der Waals surface area contributed by atoms with Crippen LogP contribution in [0, 0.1) is 0 Å². The minimum absolute atomic E-state index is 0.865. The third-order valence-corrected chi connectivity index (χ3v) is 3.80. The minimum Gasteiger partial charge on any atom is -0.132 e. The SMILES string of the molecule is CCc1cc(Br)c2cc[pH]c2c1. The summed E-state index contributed by atoms with van der Waals surface area (Å²) in [5, 5.41) is 2.87. The average molecular weight is 241 g/mol. The number of halogens is 1. The second-order valence-corrected chi connectivity index (χ2v) is 4.89. The molecule has 0 saturated heterocycles. The molecular weight excluding hydrogens is 231 g/mol. The van der Waals surface area contributed by atoms with Crippen molar-refractivity contribution in [3.05, 3.63) is 34.0 Å². The van der Waals surface area contributed by atoms with Crippen molar-refractivity contribution in [3.8, 4) is 0 Å². The van der Waals surface area contributed by atoms with Crippen molar-refractivity contribution in [1.29, 1.82) is 0 Å². The zero-order chi connectivity index (χ0) is 8.55. The van der Waals surface area contributed by atoms with Gasteiger partial charge in [-0.2, -0.15) is 0 Å². The Balaban J connectivity index is 2.75. The molecule has 0 saturated carbocycles.